The maximum Gasteiger partial charge on any atom is 0.220 e. The predicted molar refractivity (Wildman–Crippen MR) is 87.0 cm³/mol. The van der Waals surface area contributed by atoms with Gasteiger partial charge < -0.3 is 15.2 Å². The second-order valence-electron chi connectivity index (χ2n) is 6.37. The zero-order valence-corrected chi connectivity index (χ0v) is 13.5. The molecule has 1 saturated carbocycles. The smallest absolute Gasteiger partial charge is 0.220 e. The molecule has 3 unspecified atom stereocenters. The van der Waals surface area contributed by atoms with Crippen LogP contribution in [0.5, 0.6) is 5.75 Å². The third kappa shape index (κ3) is 5.02. The van der Waals surface area contributed by atoms with Crippen LogP contribution in [0, 0.1) is 5.92 Å². The number of rotatable bonds is 6. The summed E-state index contributed by atoms with van der Waals surface area (Å²) in [5.74, 6) is 1.52. The van der Waals surface area contributed by atoms with Gasteiger partial charge in [0.2, 0.25) is 5.91 Å². The molecule has 1 aliphatic rings. The van der Waals surface area contributed by atoms with Gasteiger partial charge in [-0.15, -0.1) is 0 Å². The van der Waals surface area contributed by atoms with Crippen LogP contribution in [0.3, 0.4) is 0 Å². The average Bonchev–Trinajstić information content (AvgIpc) is 2.53. The fourth-order valence-corrected chi connectivity index (χ4v) is 3.11. The Morgan fingerprint density at radius 2 is 2.09 bits per heavy atom. The maximum atomic E-state index is 12.1. The summed E-state index contributed by atoms with van der Waals surface area (Å²) in [6.07, 6.45) is 4.18. The molecule has 1 aromatic carbocycles. The van der Waals surface area contributed by atoms with Crippen molar-refractivity contribution in [2.24, 2.45) is 5.92 Å². The molecular formula is C18H27NO3. The lowest BCUT2D eigenvalue weighted by Crippen LogP contribution is -2.33. The number of benzene rings is 1. The van der Waals surface area contributed by atoms with Gasteiger partial charge in [-0.3, -0.25) is 4.79 Å². The largest absolute Gasteiger partial charge is 0.497 e. The van der Waals surface area contributed by atoms with Crippen molar-refractivity contribution >= 4 is 5.91 Å². The highest BCUT2D eigenvalue weighted by atomic mass is 16.5. The summed E-state index contributed by atoms with van der Waals surface area (Å²) >= 11 is 0. The lowest BCUT2D eigenvalue weighted by molar-refractivity contribution is -0.121. The van der Waals surface area contributed by atoms with Gasteiger partial charge >= 0.3 is 0 Å². The molecule has 0 spiro atoms. The summed E-state index contributed by atoms with van der Waals surface area (Å²) < 4.78 is 5.14. The molecule has 1 amide bonds. The topological polar surface area (TPSA) is 58.6 Å². The monoisotopic (exact) mass is 305 g/mol. The van der Waals surface area contributed by atoms with E-state index >= 15 is 0 Å². The van der Waals surface area contributed by atoms with Gasteiger partial charge in [0.1, 0.15) is 5.75 Å². The molecule has 0 radical (unpaired) electrons. The standard InChI is InChI=1S/C18H27NO3/c1-13(15-6-8-17(22-2)9-7-15)10-18(21)19-12-14-4-3-5-16(20)11-14/h6-9,13-14,16,20H,3-5,10-12H2,1-2H3,(H,19,21). The van der Waals surface area contributed by atoms with Gasteiger partial charge in [-0.05, 0) is 48.8 Å². The van der Waals surface area contributed by atoms with E-state index in [0.717, 1.165) is 37.0 Å². The highest BCUT2D eigenvalue weighted by Crippen LogP contribution is 2.24. The van der Waals surface area contributed by atoms with Crippen LogP contribution in [0.25, 0.3) is 0 Å². The highest BCUT2D eigenvalue weighted by Gasteiger charge is 2.21. The second kappa shape index (κ2) is 8.18. The number of nitrogens with one attached hydrogen (secondary N) is 1. The minimum absolute atomic E-state index is 0.0865. The van der Waals surface area contributed by atoms with Crippen molar-refractivity contribution in [3.63, 3.8) is 0 Å². The normalized spacial score (nSPS) is 22.9. The molecule has 2 rings (SSSR count). The van der Waals surface area contributed by atoms with Crippen molar-refractivity contribution in [2.75, 3.05) is 13.7 Å². The van der Waals surface area contributed by atoms with Gasteiger partial charge in [-0.25, -0.2) is 0 Å². The van der Waals surface area contributed by atoms with Crippen LogP contribution in [-0.4, -0.2) is 30.8 Å². The van der Waals surface area contributed by atoms with E-state index in [-0.39, 0.29) is 17.9 Å². The number of hydrogen-bond acceptors (Lipinski definition) is 3. The Kier molecular flexibility index (Phi) is 6.25. The van der Waals surface area contributed by atoms with Crippen LogP contribution in [0.4, 0.5) is 0 Å². The minimum atomic E-state index is -0.186. The van der Waals surface area contributed by atoms with Crippen molar-refractivity contribution in [3.8, 4) is 5.75 Å². The molecule has 0 heterocycles. The fraction of sp³-hybridized carbons (Fsp3) is 0.611. The van der Waals surface area contributed by atoms with E-state index in [1.807, 2.05) is 24.3 Å². The third-order valence-corrected chi connectivity index (χ3v) is 4.52. The Morgan fingerprint density at radius 1 is 1.36 bits per heavy atom. The second-order valence-corrected chi connectivity index (χ2v) is 6.37. The molecule has 22 heavy (non-hydrogen) atoms. The van der Waals surface area contributed by atoms with Crippen LogP contribution in [-0.2, 0) is 4.79 Å². The number of aliphatic hydroxyl groups excluding tert-OH is 1. The van der Waals surface area contributed by atoms with Crippen LogP contribution < -0.4 is 10.1 Å². The quantitative estimate of drug-likeness (QED) is 0.849. The lowest BCUT2D eigenvalue weighted by atomic mass is 9.87. The molecule has 0 aromatic heterocycles. The molecule has 4 heteroatoms. The summed E-state index contributed by atoms with van der Waals surface area (Å²) in [4.78, 5) is 12.1. The summed E-state index contributed by atoms with van der Waals surface area (Å²) in [6.45, 7) is 2.75. The van der Waals surface area contributed by atoms with Gasteiger partial charge in [-0.2, -0.15) is 0 Å². The number of ether oxygens (including phenoxy) is 1. The first-order chi connectivity index (χ1) is 10.6. The van der Waals surface area contributed by atoms with Gasteiger partial charge in [0, 0.05) is 13.0 Å². The lowest BCUT2D eigenvalue weighted by Gasteiger charge is -2.26. The fourth-order valence-electron chi connectivity index (χ4n) is 3.11. The van der Waals surface area contributed by atoms with Crippen molar-refractivity contribution in [2.45, 2.75) is 51.0 Å². The zero-order chi connectivity index (χ0) is 15.9. The van der Waals surface area contributed by atoms with E-state index in [1.54, 1.807) is 7.11 Å². The molecule has 122 valence electrons. The molecule has 0 saturated heterocycles. The van der Waals surface area contributed by atoms with Crippen LogP contribution in [0.1, 0.15) is 50.5 Å². The molecule has 1 aromatic rings. The molecule has 2 N–H and O–H groups in total. The molecule has 0 bridgehead atoms. The maximum absolute atomic E-state index is 12.1. The summed E-state index contributed by atoms with van der Waals surface area (Å²) in [5, 5.41) is 12.7. The zero-order valence-electron chi connectivity index (χ0n) is 13.5. The number of carbonyl (C=O) groups is 1. The molecule has 1 fully saturated rings. The Bertz CT molecular complexity index is 472. The van der Waals surface area contributed by atoms with E-state index in [9.17, 15) is 9.90 Å². The SMILES string of the molecule is COc1ccc(C(C)CC(=O)NCC2CCCC(O)C2)cc1. The first-order valence-electron chi connectivity index (χ1n) is 8.17. The van der Waals surface area contributed by atoms with Crippen LogP contribution in [0.2, 0.25) is 0 Å². The van der Waals surface area contributed by atoms with Crippen LogP contribution in [0.15, 0.2) is 24.3 Å². The van der Waals surface area contributed by atoms with E-state index in [0.29, 0.717) is 18.9 Å². The van der Waals surface area contributed by atoms with Gasteiger partial charge in [0.15, 0.2) is 0 Å². The van der Waals surface area contributed by atoms with Crippen molar-refractivity contribution < 1.29 is 14.6 Å². The van der Waals surface area contributed by atoms with E-state index in [2.05, 4.69) is 12.2 Å². The Labute approximate surface area is 132 Å². The number of carbonyl (C=O) groups excluding carboxylic acids is 1. The summed E-state index contributed by atoms with van der Waals surface area (Å²) in [5.41, 5.74) is 1.14. The highest BCUT2D eigenvalue weighted by molar-refractivity contribution is 5.76. The molecule has 3 atom stereocenters. The van der Waals surface area contributed by atoms with Crippen molar-refractivity contribution in [1.29, 1.82) is 0 Å². The number of amides is 1. The van der Waals surface area contributed by atoms with Crippen molar-refractivity contribution in [3.05, 3.63) is 29.8 Å². The number of hydrogen-bond donors (Lipinski definition) is 2. The summed E-state index contributed by atoms with van der Waals surface area (Å²) in [7, 11) is 1.65. The van der Waals surface area contributed by atoms with Crippen LogP contribution >= 0.6 is 0 Å². The van der Waals surface area contributed by atoms with Crippen molar-refractivity contribution in [1.82, 2.24) is 5.32 Å². The molecule has 1 aliphatic carbocycles. The van der Waals surface area contributed by atoms with E-state index in [4.69, 9.17) is 4.74 Å². The third-order valence-electron chi connectivity index (χ3n) is 4.52. The Morgan fingerprint density at radius 3 is 2.73 bits per heavy atom. The Hall–Kier alpha value is -1.55. The first-order valence-corrected chi connectivity index (χ1v) is 8.17. The molecule has 4 nitrogen and oxygen atoms in total. The first kappa shape index (κ1) is 16.8. The summed E-state index contributed by atoms with van der Waals surface area (Å²) in [6, 6.07) is 7.86. The Balaban J connectivity index is 1.75. The van der Waals surface area contributed by atoms with Gasteiger partial charge in [-0.1, -0.05) is 25.5 Å². The van der Waals surface area contributed by atoms with Gasteiger partial charge in [0.25, 0.3) is 0 Å². The van der Waals surface area contributed by atoms with E-state index in [1.165, 1.54) is 0 Å². The van der Waals surface area contributed by atoms with Gasteiger partial charge in [0.05, 0.1) is 13.2 Å². The molecular weight excluding hydrogens is 278 g/mol. The number of aliphatic hydroxyl groups is 1. The number of methoxy groups -OCH3 is 1. The minimum Gasteiger partial charge on any atom is -0.497 e. The average molecular weight is 305 g/mol. The molecule has 0 aliphatic heterocycles. The predicted octanol–water partition coefficient (Wildman–Crippen LogP) is 2.86. The van der Waals surface area contributed by atoms with E-state index < -0.39 is 0 Å².